The van der Waals surface area contributed by atoms with E-state index in [1.165, 1.54) is 12.1 Å². The van der Waals surface area contributed by atoms with Crippen molar-refractivity contribution in [2.24, 2.45) is 0 Å². The minimum atomic E-state index is -1.22. The van der Waals surface area contributed by atoms with Gasteiger partial charge in [-0.05, 0) is 12.1 Å². The molecule has 0 radical (unpaired) electrons. The van der Waals surface area contributed by atoms with Gasteiger partial charge in [-0.25, -0.2) is 9.78 Å². The fraction of sp³-hybridized carbons (Fsp3) is 0.182. The van der Waals surface area contributed by atoms with Gasteiger partial charge in [-0.15, -0.1) is 12.3 Å². The van der Waals surface area contributed by atoms with Crippen LogP contribution in [0, 0.1) is 12.3 Å². The first-order valence-corrected chi connectivity index (χ1v) is 5.50. The Morgan fingerprint density at radius 2 is 2.00 bits per heavy atom. The number of carboxylic acid groups (broad SMARTS) is 1. The number of halogens is 2. The SMILES string of the molecule is C#CCC(NC(=O)c1cc(Cl)nc(Cl)c1)C(=O)O. The van der Waals surface area contributed by atoms with Gasteiger partial charge in [-0.1, -0.05) is 23.2 Å². The third-order valence-corrected chi connectivity index (χ3v) is 2.34. The summed E-state index contributed by atoms with van der Waals surface area (Å²) in [4.78, 5) is 26.2. The molecule has 1 heterocycles. The number of aliphatic carboxylic acids is 1. The zero-order valence-electron chi connectivity index (χ0n) is 8.98. The van der Waals surface area contributed by atoms with Crippen molar-refractivity contribution < 1.29 is 14.7 Å². The van der Waals surface area contributed by atoms with Crippen molar-refractivity contribution in [1.29, 1.82) is 0 Å². The molecule has 1 aromatic rings. The molecule has 5 nitrogen and oxygen atoms in total. The molecule has 1 atom stereocenters. The van der Waals surface area contributed by atoms with Crippen molar-refractivity contribution in [3.63, 3.8) is 0 Å². The average molecular weight is 287 g/mol. The topological polar surface area (TPSA) is 79.3 Å². The molecule has 0 aliphatic rings. The molecule has 0 bridgehead atoms. The number of rotatable bonds is 4. The maximum absolute atomic E-state index is 11.8. The predicted octanol–water partition coefficient (Wildman–Crippen LogP) is 1.59. The van der Waals surface area contributed by atoms with Gasteiger partial charge in [0, 0.05) is 12.0 Å². The van der Waals surface area contributed by atoms with E-state index < -0.39 is 17.9 Å². The molecule has 1 unspecified atom stereocenters. The second kappa shape index (κ2) is 6.24. The van der Waals surface area contributed by atoms with Crippen molar-refractivity contribution in [1.82, 2.24) is 10.3 Å². The largest absolute Gasteiger partial charge is 0.480 e. The number of carbonyl (C=O) groups is 2. The number of amides is 1. The minimum absolute atomic E-state index is 0.0384. The summed E-state index contributed by atoms with van der Waals surface area (Å²) in [6, 6.07) is 1.39. The molecule has 94 valence electrons. The number of nitrogens with one attached hydrogen (secondary N) is 1. The Hall–Kier alpha value is -1.77. The molecular formula is C11H8Cl2N2O3. The number of carbonyl (C=O) groups excluding carboxylic acids is 1. The van der Waals surface area contributed by atoms with Crippen molar-refractivity contribution in [2.75, 3.05) is 0 Å². The van der Waals surface area contributed by atoms with E-state index in [0.29, 0.717) is 0 Å². The summed E-state index contributed by atoms with van der Waals surface area (Å²) in [6.45, 7) is 0. The van der Waals surface area contributed by atoms with Crippen LogP contribution in [0.4, 0.5) is 0 Å². The zero-order chi connectivity index (χ0) is 13.7. The molecule has 0 saturated carbocycles. The van der Waals surface area contributed by atoms with Gasteiger partial charge < -0.3 is 10.4 Å². The van der Waals surface area contributed by atoms with Crippen molar-refractivity contribution in [3.8, 4) is 12.3 Å². The zero-order valence-corrected chi connectivity index (χ0v) is 10.5. The van der Waals surface area contributed by atoms with Crippen LogP contribution in [0.1, 0.15) is 16.8 Å². The van der Waals surface area contributed by atoms with Crippen LogP contribution in [0.5, 0.6) is 0 Å². The number of terminal acetylenes is 1. The highest BCUT2D eigenvalue weighted by Crippen LogP contribution is 2.14. The van der Waals surface area contributed by atoms with Crippen molar-refractivity contribution >= 4 is 35.1 Å². The van der Waals surface area contributed by atoms with Gasteiger partial charge in [-0.2, -0.15) is 0 Å². The summed E-state index contributed by atoms with van der Waals surface area (Å²) >= 11 is 11.3. The summed E-state index contributed by atoms with van der Waals surface area (Å²) in [6.07, 6.45) is 4.90. The van der Waals surface area contributed by atoms with Gasteiger partial charge in [0.2, 0.25) is 0 Å². The molecule has 1 aromatic heterocycles. The molecule has 18 heavy (non-hydrogen) atoms. The van der Waals surface area contributed by atoms with Crippen LogP contribution in [-0.2, 0) is 4.79 Å². The van der Waals surface area contributed by atoms with E-state index in [-0.39, 0.29) is 22.3 Å². The molecule has 0 spiro atoms. The summed E-state index contributed by atoms with van der Waals surface area (Å²) in [5, 5.41) is 11.2. The summed E-state index contributed by atoms with van der Waals surface area (Å²) in [5.41, 5.74) is 0.114. The third kappa shape index (κ3) is 3.91. The van der Waals surface area contributed by atoms with Gasteiger partial charge in [0.25, 0.3) is 5.91 Å². The Kier molecular flexibility index (Phi) is 4.95. The first-order valence-electron chi connectivity index (χ1n) is 4.74. The first kappa shape index (κ1) is 14.3. The monoisotopic (exact) mass is 286 g/mol. The molecule has 0 fully saturated rings. The highest BCUT2D eigenvalue weighted by molar-refractivity contribution is 6.33. The Bertz CT molecular complexity index is 505. The molecule has 1 rings (SSSR count). The summed E-state index contributed by atoms with van der Waals surface area (Å²) in [7, 11) is 0. The number of hydrogen-bond acceptors (Lipinski definition) is 3. The molecule has 0 aromatic carbocycles. The Morgan fingerprint density at radius 3 is 2.44 bits per heavy atom. The highest BCUT2D eigenvalue weighted by atomic mass is 35.5. The second-order valence-electron chi connectivity index (χ2n) is 3.27. The second-order valence-corrected chi connectivity index (χ2v) is 4.05. The molecule has 2 N–H and O–H groups in total. The lowest BCUT2D eigenvalue weighted by atomic mass is 10.2. The normalized spacial score (nSPS) is 11.4. The number of carboxylic acids is 1. The average Bonchev–Trinajstić information content (AvgIpc) is 2.26. The van der Waals surface area contributed by atoms with Crippen LogP contribution in [-0.4, -0.2) is 28.0 Å². The lowest BCUT2D eigenvalue weighted by Gasteiger charge is -2.11. The van der Waals surface area contributed by atoms with E-state index in [1.807, 2.05) is 0 Å². The Labute approximate surface area is 113 Å². The van der Waals surface area contributed by atoms with Gasteiger partial charge in [0.1, 0.15) is 16.3 Å². The van der Waals surface area contributed by atoms with Crippen LogP contribution in [0.15, 0.2) is 12.1 Å². The highest BCUT2D eigenvalue weighted by Gasteiger charge is 2.20. The van der Waals surface area contributed by atoms with Crippen LogP contribution in [0.2, 0.25) is 10.3 Å². The number of nitrogens with zero attached hydrogens (tertiary/aromatic N) is 1. The molecule has 7 heteroatoms. The lowest BCUT2D eigenvalue weighted by molar-refractivity contribution is -0.139. The third-order valence-electron chi connectivity index (χ3n) is 1.95. The summed E-state index contributed by atoms with van der Waals surface area (Å²) in [5.74, 6) is 0.318. The fourth-order valence-electron chi connectivity index (χ4n) is 1.16. The predicted molar refractivity (Wildman–Crippen MR) is 66.6 cm³/mol. The standard InChI is InChI=1S/C11H8Cl2N2O3/c1-2-3-7(11(17)18)14-10(16)6-4-8(12)15-9(13)5-6/h1,4-5,7H,3H2,(H,14,16)(H,17,18). The van der Waals surface area contributed by atoms with E-state index in [1.54, 1.807) is 0 Å². The van der Waals surface area contributed by atoms with Gasteiger partial charge >= 0.3 is 5.97 Å². The minimum Gasteiger partial charge on any atom is -0.480 e. The number of hydrogen-bond donors (Lipinski definition) is 2. The molecule has 1 amide bonds. The van der Waals surface area contributed by atoms with E-state index >= 15 is 0 Å². The Balaban J connectivity index is 2.87. The van der Waals surface area contributed by atoms with E-state index in [4.69, 9.17) is 34.7 Å². The molecule has 0 aliphatic heterocycles. The molecule has 0 saturated heterocycles. The fourth-order valence-corrected chi connectivity index (χ4v) is 1.62. The number of aromatic nitrogens is 1. The van der Waals surface area contributed by atoms with Gasteiger partial charge in [0.15, 0.2) is 0 Å². The Morgan fingerprint density at radius 1 is 1.44 bits per heavy atom. The van der Waals surface area contributed by atoms with Crippen LogP contribution < -0.4 is 5.32 Å². The quantitative estimate of drug-likeness (QED) is 0.651. The van der Waals surface area contributed by atoms with E-state index in [9.17, 15) is 9.59 Å². The van der Waals surface area contributed by atoms with E-state index in [2.05, 4.69) is 16.2 Å². The van der Waals surface area contributed by atoms with Gasteiger partial charge in [0.05, 0.1) is 0 Å². The smallest absolute Gasteiger partial charge is 0.327 e. The lowest BCUT2D eigenvalue weighted by Crippen LogP contribution is -2.40. The van der Waals surface area contributed by atoms with Crippen molar-refractivity contribution in [2.45, 2.75) is 12.5 Å². The van der Waals surface area contributed by atoms with Crippen LogP contribution >= 0.6 is 23.2 Å². The number of pyridine rings is 1. The van der Waals surface area contributed by atoms with Crippen LogP contribution in [0.3, 0.4) is 0 Å². The maximum Gasteiger partial charge on any atom is 0.327 e. The summed E-state index contributed by atoms with van der Waals surface area (Å²) < 4.78 is 0. The molecule has 0 aliphatic carbocycles. The van der Waals surface area contributed by atoms with E-state index in [0.717, 1.165) is 0 Å². The first-order chi connectivity index (χ1) is 8.43. The maximum atomic E-state index is 11.8. The van der Waals surface area contributed by atoms with Gasteiger partial charge in [-0.3, -0.25) is 4.79 Å². The van der Waals surface area contributed by atoms with Crippen molar-refractivity contribution in [3.05, 3.63) is 28.0 Å². The molecular weight excluding hydrogens is 279 g/mol. The van der Waals surface area contributed by atoms with Crippen LogP contribution in [0.25, 0.3) is 0 Å².